The second-order valence-corrected chi connectivity index (χ2v) is 5.15. The number of anilines is 1. The molecule has 0 atom stereocenters. The first kappa shape index (κ1) is 14.0. The molecule has 1 heterocycles. The zero-order valence-electron chi connectivity index (χ0n) is 11.1. The Kier molecular flexibility index (Phi) is 5.48. The van der Waals surface area contributed by atoms with E-state index in [9.17, 15) is 0 Å². The van der Waals surface area contributed by atoms with Crippen molar-refractivity contribution >= 4 is 17.6 Å². The van der Waals surface area contributed by atoms with Crippen LogP contribution in [0.4, 0.5) is 5.82 Å². The lowest BCUT2D eigenvalue weighted by molar-refractivity contribution is 0.749. The monoisotopic (exact) mass is 251 g/mol. The number of aromatic nitrogens is 2. The Morgan fingerprint density at radius 3 is 2.65 bits per heavy atom. The summed E-state index contributed by atoms with van der Waals surface area (Å²) in [7, 11) is 0. The highest BCUT2D eigenvalue weighted by molar-refractivity contribution is 7.99. The van der Waals surface area contributed by atoms with E-state index in [1.165, 1.54) is 0 Å². The van der Waals surface area contributed by atoms with Gasteiger partial charge >= 0.3 is 0 Å². The minimum absolute atomic E-state index is 0.344. The first-order chi connectivity index (χ1) is 8.10. The van der Waals surface area contributed by atoms with Crippen LogP contribution in [-0.2, 0) is 0 Å². The molecule has 0 radical (unpaired) electrons. The van der Waals surface area contributed by atoms with E-state index in [1.807, 2.05) is 6.08 Å². The molecule has 17 heavy (non-hydrogen) atoms. The molecule has 0 saturated heterocycles. The van der Waals surface area contributed by atoms with Gasteiger partial charge in [-0.2, -0.15) is 0 Å². The fraction of sp³-hybridized carbons (Fsp3) is 0.538. The predicted molar refractivity (Wildman–Crippen MR) is 75.9 cm³/mol. The molecule has 0 amide bonds. The van der Waals surface area contributed by atoms with E-state index in [0.717, 1.165) is 34.5 Å². The largest absolute Gasteiger partial charge is 0.370 e. The highest BCUT2D eigenvalue weighted by Gasteiger charge is 2.12. The second-order valence-electron chi connectivity index (χ2n) is 4.15. The molecule has 1 N–H and O–H groups in total. The van der Waals surface area contributed by atoms with Gasteiger partial charge in [0.2, 0.25) is 0 Å². The van der Waals surface area contributed by atoms with E-state index in [1.54, 1.807) is 11.8 Å². The van der Waals surface area contributed by atoms with E-state index in [0.29, 0.717) is 5.92 Å². The molecule has 1 rings (SSSR count). The van der Waals surface area contributed by atoms with Gasteiger partial charge in [0.15, 0.2) is 0 Å². The Morgan fingerprint density at radius 1 is 1.41 bits per heavy atom. The quantitative estimate of drug-likeness (QED) is 0.476. The van der Waals surface area contributed by atoms with Gasteiger partial charge in [-0.1, -0.05) is 19.9 Å². The summed E-state index contributed by atoms with van der Waals surface area (Å²) >= 11 is 1.71. The van der Waals surface area contributed by atoms with Gasteiger partial charge in [0, 0.05) is 23.8 Å². The van der Waals surface area contributed by atoms with Crippen LogP contribution in [0.5, 0.6) is 0 Å². The van der Waals surface area contributed by atoms with Crippen molar-refractivity contribution in [2.75, 3.05) is 17.6 Å². The minimum Gasteiger partial charge on any atom is -0.370 e. The molecule has 3 nitrogen and oxygen atoms in total. The Labute approximate surface area is 108 Å². The molecular formula is C13H21N3S. The zero-order chi connectivity index (χ0) is 12.8. The molecule has 94 valence electrons. The van der Waals surface area contributed by atoms with Crippen molar-refractivity contribution in [1.82, 2.24) is 9.97 Å². The van der Waals surface area contributed by atoms with Crippen molar-refractivity contribution in [1.29, 1.82) is 0 Å². The number of nitrogens with zero attached hydrogens (tertiary/aromatic N) is 2. The van der Waals surface area contributed by atoms with Gasteiger partial charge in [0.1, 0.15) is 16.7 Å². The summed E-state index contributed by atoms with van der Waals surface area (Å²) in [6.07, 6.45) is 1.90. The van der Waals surface area contributed by atoms with Gasteiger partial charge < -0.3 is 5.32 Å². The molecular weight excluding hydrogens is 230 g/mol. The third kappa shape index (κ3) is 3.73. The van der Waals surface area contributed by atoms with Crippen molar-refractivity contribution < 1.29 is 0 Å². The average Bonchev–Trinajstić information content (AvgIpc) is 2.30. The molecule has 0 bridgehead atoms. The van der Waals surface area contributed by atoms with E-state index in [-0.39, 0.29) is 0 Å². The number of hydrogen-bond acceptors (Lipinski definition) is 4. The molecule has 0 aliphatic carbocycles. The number of rotatable bonds is 6. The summed E-state index contributed by atoms with van der Waals surface area (Å²) in [4.78, 5) is 9.19. The third-order valence-corrected chi connectivity index (χ3v) is 3.39. The summed E-state index contributed by atoms with van der Waals surface area (Å²) in [6.45, 7) is 13.0. The molecule has 0 aliphatic heterocycles. The maximum atomic E-state index is 4.62. The molecule has 0 saturated carbocycles. The molecule has 0 fully saturated rings. The van der Waals surface area contributed by atoms with Crippen LogP contribution in [-0.4, -0.2) is 22.3 Å². The fourth-order valence-electron chi connectivity index (χ4n) is 1.39. The van der Waals surface area contributed by atoms with Crippen LogP contribution >= 0.6 is 11.8 Å². The standard InChI is InChI=1S/C13H21N3S/c1-6-8-17-13-10(5)12(14-7-2)15-11(16-13)9(3)4/h6,9H,1,7-8H2,2-5H3,(H,14,15,16). The predicted octanol–water partition coefficient (Wildman–Crippen LogP) is 3.62. The first-order valence-electron chi connectivity index (χ1n) is 5.96. The molecule has 1 aromatic heterocycles. The highest BCUT2D eigenvalue weighted by atomic mass is 32.2. The first-order valence-corrected chi connectivity index (χ1v) is 6.94. The number of nitrogens with one attached hydrogen (secondary N) is 1. The van der Waals surface area contributed by atoms with E-state index in [4.69, 9.17) is 0 Å². The lowest BCUT2D eigenvalue weighted by atomic mass is 10.2. The van der Waals surface area contributed by atoms with Crippen LogP contribution in [0.1, 0.15) is 38.1 Å². The van der Waals surface area contributed by atoms with Crippen molar-refractivity contribution in [3.8, 4) is 0 Å². The maximum Gasteiger partial charge on any atom is 0.134 e. The molecule has 0 aromatic carbocycles. The molecule has 0 aliphatic rings. The summed E-state index contributed by atoms with van der Waals surface area (Å²) in [5, 5.41) is 4.35. The maximum absolute atomic E-state index is 4.62. The lowest BCUT2D eigenvalue weighted by Gasteiger charge is -2.14. The van der Waals surface area contributed by atoms with Crippen molar-refractivity contribution in [2.24, 2.45) is 0 Å². The zero-order valence-corrected chi connectivity index (χ0v) is 11.9. The van der Waals surface area contributed by atoms with Crippen molar-refractivity contribution in [2.45, 2.75) is 38.6 Å². The number of hydrogen-bond donors (Lipinski definition) is 1. The van der Waals surface area contributed by atoms with Gasteiger partial charge in [0.25, 0.3) is 0 Å². The minimum atomic E-state index is 0.344. The van der Waals surface area contributed by atoms with Gasteiger partial charge in [-0.3, -0.25) is 0 Å². The third-order valence-electron chi connectivity index (χ3n) is 2.32. The van der Waals surface area contributed by atoms with E-state index >= 15 is 0 Å². The van der Waals surface area contributed by atoms with Crippen LogP contribution in [0.2, 0.25) is 0 Å². The molecule has 0 unspecified atom stereocenters. The Hall–Kier alpha value is -1.03. The normalized spacial score (nSPS) is 10.6. The Balaban J connectivity index is 3.12. The Bertz CT molecular complexity index is 388. The van der Waals surface area contributed by atoms with E-state index in [2.05, 4.69) is 49.6 Å². The SMILES string of the molecule is C=CCSc1nc(C(C)C)nc(NCC)c1C. The summed E-state index contributed by atoms with van der Waals surface area (Å²) in [5.41, 5.74) is 1.13. The van der Waals surface area contributed by atoms with Gasteiger partial charge in [-0.15, -0.1) is 18.3 Å². The van der Waals surface area contributed by atoms with Gasteiger partial charge in [-0.05, 0) is 13.8 Å². The smallest absolute Gasteiger partial charge is 0.134 e. The number of thioether (sulfide) groups is 1. The molecule has 4 heteroatoms. The lowest BCUT2D eigenvalue weighted by Crippen LogP contribution is -2.08. The van der Waals surface area contributed by atoms with Crippen molar-refractivity contribution in [3.05, 3.63) is 24.0 Å². The van der Waals surface area contributed by atoms with Crippen LogP contribution in [0.3, 0.4) is 0 Å². The van der Waals surface area contributed by atoms with Gasteiger partial charge in [-0.25, -0.2) is 9.97 Å². The topological polar surface area (TPSA) is 37.8 Å². The molecule has 0 spiro atoms. The summed E-state index contributed by atoms with van der Waals surface area (Å²) < 4.78 is 0. The van der Waals surface area contributed by atoms with Gasteiger partial charge in [0.05, 0.1) is 0 Å². The second kappa shape index (κ2) is 6.64. The fourth-order valence-corrected chi connectivity index (χ4v) is 2.14. The van der Waals surface area contributed by atoms with Crippen molar-refractivity contribution in [3.63, 3.8) is 0 Å². The average molecular weight is 251 g/mol. The van der Waals surface area contributed by atoms with Crippen LogP contribution in [0.15, 0.2) is 17.7 Å². The Morgan fingerprint density at radius 2 is 2.12 bits per heavy atom. The summed E-state index contributed by atoms with van der Waals surface area (Å²) in [5.74, 6) is 3.08. The van der Waals surface area contributed by atoms with Crippen LogP contribution < -0.4 is 5.32 Å². The van der Waals surface area contributed by atoms with Crippen LogP contribution in [0.25, 0.3) is 0 Å². The van der Waals surface area contributed by atoms with E-state index < -0.39 is 0 Å². The highest BCUT2D eigenvalue weighted by Crippen LogP contribution is 2.26. The summed E-state index contributed by atoms with van der Waals surface area (Å²) in [6, 6.07) is 0. The molecule has 1 aromatic rings. The van der Waals surface area contributed by atoms with Crippen LogP contribution in [0, 0.1) is 6.92 Å².